The number of rotatable bonds is 4. The van der Waals surface area contributed by atoms with Gasteiger partial charge in [0.1, 0.15) is 6.54 Å². The predicted molar refractivity (Wildman–Crippen MR) is 72.6 cm³/mol. The summed E-state index contributed by atoms with van der Waals surface area (Å²) in [7, 11) is 0. The van der Waals surface area contributed by atoms with Gasteiger partial charge in [-0.15, -0.1) is 0 Å². The van der Waals surface area contributed by atoms with Crippen LogP contribution in [0.2, 0.25) is 5.02 Å². The number of aliphatic carboxylic acids is 1. The van der Waals surface area contributed by atoms with Crippen LogP contribution in [0.3, 0.4) is 0 Å². The minimum absolute atomic E-state index is 0.0775. The van der Waals surface area contributed by atoms with E-state index in [1.807, 2.05) is 0 Å². The lowest BCUT2D eigenvalue weighted by molar-refractivity contribution is -0.138. The largest absolute Gasteiger partial charge is 0.480 e. The lowest BCUT2D eigenvalue weighted by atomic mass is 10.1. The van der Waals surface area contributed by atoms with Crippen molar-refractivity contribution in [3.8, 4) is 0 Å². The molecule has 20 heavy (non-hydrogen) atoms. The van der Waals surface area contributed by atoms with Crippen molar-refractivity contribution in [1.82, 2.24) is 5.32 Å². The van der Waals surface area contributed by atoms with Crippen molar-refractivity contribution in [2.45, 2.75) is 6.42 Å². The van der Waals surface area contributed by atoms with E-state index in [4.69, 9.17) is 16.7 Å². The third kappa shape index (κ3) is 3.27. The zero-order valence-electron chi connectivity index (χ0n) is 10.5. The number of carbonyl (C=O) groups excluding carboxylic acids is 2. The molecule has 0 bridgehead atoms. The Hall–Kier alpha value is -2.08. The van der Waals surface area contributed by atoms with Gasteiger partial charge in [0.15, 0.2) is 0 Å². The smallest absolute Gasteiger partial charge is 0.322 e. The molecule has 1 unspecified atom stereocenters. The van der Waals surface area contributed by atoms with Gasteiger partial charge < -0.3 is 15.3 Å². The van der Waals surface area contributed by atoms with Gasteiger partial charge in [0.2, 0.25) is 11.8 Å². The van der Waals surface area contributed by atoms with Crippen LogP contribution in [0.1, 0.15) is 6.42 Å². The summed E-state index contributed by atoms with van der Waals surface area (Å²) in [6.07, 6.45) is 0.0775. The van der Waals surface area contributed by atoms with Crippen molar-refractivity contribution in [2.24, 2.45) is 5.92 Å². The molecule has 1 aliphatic heterocycles. The summed E-state index contributed by atoms with van der Waals surface area (Å²) in [6.45, 7) is -0.198. The van der Waals surface area contributed by atoms with Gasteiger partial charge in [-0.3, -0.25) is 14.4 Å². The van der Waals surface area contributed by atoms with Crippen LogP contribution in [0.25, 0.3) is 0 Å². The Labute approximate surface area is 120 Å². The van der Waals surface area contributed by atoms with Crippen LogP contribution in [0.5, 0.6) is 0 Å². The van der Waals surface area contributed by atoms with Crippen LogP contribution in [-0.4, -0.2) is 36.0 Å². The minimum atomic E-state index is -1.11. The summed E-state index contributed by atoms with van der Waals surface area (Å²) < 4.78 is 0. The van der Waals surface area contributed by atoms with Gasteiger partial charge in [-0.1, -0.05) is 11.6 Å². The van der Waals surface area contributed by atoms with Gasteiger partial charge in [0.25, 0.3) is 0 Å². The van der Waals surface area contributed by atoms with Crippen molar-refractivity contribution < 1.29 is 19.5 Å². The highest BCUT2D eigenvalue weighted by Crippen LogP contribution is 2.26. The first kappa shape index (κ1) is 14.3. The number of carbonyl (C=O) groups is 3. The second-order valence-corrected chi connectivity index (χ2v) is 4.93. The minimum Gasteiger partial charge on any atom is -0.480 e. The maximum Gasteiger partial charge on any atom is 0.322 e. The van der Waals surface area contributed by atoms with Crippen molar-refractivity contribution in [3.05, 3.63) is 29.3 Å². The molecule has 1 aliphatic rings. The Morgan fingerprint density at radius 1 is 1.35 bits per heavy atom. The molecule has 1 fully saturated rings. The van der Waals surface area contributed by atoms with Gasteiger partial charge in [-0.2, -0.15) is 0 Å². The number of anilines is 1. The van der Waals surface area contributed by atoms with E-state index in [1.54, 1.807) is 24.3 Å². The number of halogens is 1. The molecule has 1 aromatic carbocycles. The van der Waals surface area contributed by atoms with Crippen LogP contribution in [0.4, 0.5) is 5.69 Å². The van der Waals surface area contributed by atoms with Crippen LogP contribution in [-0.2, 0) is 14.4 Å². The van der Waals surface area contributed by atoms with E-state index in [0.29, 0.717) is 10.7 Å². The molecule has 0 aliphatic carbocycles. The highest BCUT2D eigenvalue weighted by molar-refractivity contribution is 6.30. The molecule has 0 aromatic heterocycles. The van der Waals surface area contributed by atoms with Crippen LogP contribution in [0.15, 0.2) is 24.3 Å². The average Bonchev–Trinajstić information content (AvgIpc) is 2.79. The number of carboxylic acid groups (broad SMARTS) is 1. The predicted octanol–water partition coefficient (Wildman–Crippen LogP) is 0.894. The van der Waals surface area contributed by atoms with E-state index >= 15 is 0 Å². The van der Waals surface area contributed by atoms with Gasteiger partial charge in [0.05, 0.1) is 5.92 Å². The number of hydrogen-bond donors (Lipinski definition) is 2. The van der Waals surface area contributed by atoms with Crippen molar-refractivity contribution in [2.75, 3.05) is 18.0 Å². The molecule has 2 N–H and O–H groups in total. The van der Waals surface area contributed by atoms with Gasteiger partial charge in [0, 0.05) is 23.7 Å². The molecule has 0 radical (unpaired) electrons. The molecule has 1 atom stereocenters. The fourth-order valence-electron chi connectivity index (χ4n) is 2.06. The molecule has 7 heteroatoms. The maximum atomic E-state index is 11.9. The third-order valence-corrected chi connectivity index (χ3v) is 3.30. The summed E-state index contributed by atoms with van der Waals surface area (Å²) in [5.74, 6) is -2.23. The summed E-state index contributed by atoms with van der Waals surface area (Å²) in [5.41, 5.74) is 0.674. The first-order chi connectivity index (χ1) is 9.47. The highest BCUT2D eigenvalue weighted by atomic mass is 35.5. The molecular formula is C13H13ClN2O4. The van der Waals surface area contributed by atoms with E-state index in [1.165, 1.54) is 4.90 Å². The van der Waals surface area contributed by atoms with E-state index < -0.39 is 24.3 Å². The summed E-state index contributed by atoms with van der Waals surface area (Å²) in [5, 5.41) is 11.4. The monoisotopic (exact) mass is 296 g/mol. The zero-order chi connectivity index (χ0) is 14.7. The maximum absolute atomic E-state index is 11.9. The Bertz CT molecular complexity index is 544. The molecule has 0 spiro atoms. The molecule has 1 heterocycles. The van der Waals surface area contributed by atoms with Gasteiger partial charge in [-0.25, -0.2) is 0 Å². The molecule has 106 valence electrons. The van der Waals surface area contributed by atoms with E-state index in [2.05, 4.69) is 5.32 Å². The summed E-state index contributed by atoms with van der Waals surface area (Å²) >= 11 is 5.78. The first-order valence-electron chi connectivity index (χ1n) is 6.03. The van der Waals surface area contributed by atoms with Crippen molar-refractivity contribution in [1.29, 1.82) is 0 Å². The normalized spacial score (nSPS) is 18.1. The molecular weight excluding hydrogens is 284 g/mol. The molecule has 2 amide bonds. The molecule has 0 saturated carbocycles. The summed E-state index contributed by atoms with van der Waals surface area (Å²) in [4.78, 5) is 35.6. The van der Waals surface area contributed by atoms with Crippen LogP contribution < -0.4 is 10.2 Å². The zero-order valence-corrected chi connectivity index (χ0v) is 11.3. The second kappa shape index (κ2) is 5.92. The first-order valence-corrected chi connectivity index (χ1v) is 6.40. The van der Waals surface area contributed by atoms with Crippen LogP contribution in [0, 0.1) is 5.92 Å². The fraction of sp³-hybridized carbons (Fsp3) is 0.308. The van der Waals surface area contributed by atoms with Crippen molar-refractivity contribution in [3.63, 3.8) is 0 Å². The molecule has 6 nitrogen and oxygen atoms in total. The Kier molecular flexibility index (Phi) is 4.24. The molecule has 1 aromatic rings. The molecule has 2 rings (SSSR count). The van der Waals surface area contributed by atoms with E-state index in [9.17, 15) is 14.4 Å². The Morgan fingerprint density at radius 2 is 2.00 bits per heavy atom. The topological polar surface area (TPSA) is 86.7 Å². The average molecular weight is 297 g/mol. The Morgan fingerprint density at radius 3 is 2.60 bits per heavy atom. The number of hydrogen-bond acceptors (Lipinski definition) is 3. The van der Waals surface area contributed by atoms with Gasteiger partial charge >= 0.3 is 5.97 Å². The summed E-state index contributed by atoms with van der Waals surface area (Å²) in [6, 6.07) is 6.75. The standard InChI is InChI=1S/C13H13ClN2O4/c14-9-1-3-10(4-2-9)16-7-8(5-11(16)17)13(20)15-6-12(18)19/h1-4,8H,5-7H2,(H,15,20)(H,18,19). The highest BCUT2D eigenvalue weighted by Gasteiger charge is 2.35. The fourth-order valence-corrected chi connectivity index (χ4v) is 2.19. The number of benzene rings is 1. The number of nitrogens with zero attached hydrogens (tertiary/aromatic N) is 1. The van der Waals surface area contributed by atoms with Gasteiger partial charge in [-0.05, 0) is 24.3 Å². The van der Waals surface area contributed by atoms with Crippen molar-refractivity contribution >= 4 is 35.1 Å². The lowest BCUT2D eigenvalue weighted by Gasteiger charge is -2.16. The van der Waals surface area contributed by atoms with E-state index in [-0.39, 0.29) is 18.9 Å². The lowest BCUT2D eigenvalue weighted by Crippen LogP contribution is -2.36. The second-order valence-electron chi connectivity index (χ2n) is 4.49. The van der Waals surface area contributed by atoms with E-state index in [0.717, 1.165) is 0 Å². The molecule has 1 saturated heterocycles. The number of nitrogens with one attached hydrogen (secondary N) is 1. The SMILES string of the molecule is O=C(O)CNC(=O)C1CC(=O)N(c2ccc(Cl)cc2)C1. The third-order valence-electron chi connectivity index (χ3n) is 3.05. The number of carboxylic acids is 1. The van der Waals surface area contributed by atoms with Crippen LogP contribution >= 0.6 is 11.6 Å². The Balaban J connectivity index is 2.01. The number of amides is 2. The quantitative estimate of drug-likeness (QED) is 0.864.